The number of piperidine rings is 1. The molecule has 3 aromatic carbocycles. The Morgan fingerprint density at radius 1 is 0.977 bits per heavy atom. The molecule has 3 aromatic rings. The summed E-state index contributed by atoms with van der Waals surface area (Å²) in [6, 6.07) is 20.1. The minimum atomic E-state index is -0.266. The Kier molecular flexibility index (Phi) is 9.70. The van der Waals surface area contributed by atoms with Gasteiger partial charge in [0, 0.05) is 37.0 Å². The number of ether oxygens (including phenoxy) is 1. The number of likely N-dealkylation sites (tertiary alicyclic amines) is 1. The zero-order valence-electron chi connectivity index (χ0n) is 25.5. The topological polar surface area (TPSA) is 53.1 Å². The summed E-state index contributed by atoms with van der Waals surface area (Å²) in [4.78, 5) is 32.4. The van der Waals surface area contributed by atoms with Gasteiger partial charge in [-0.1, -0.05) is 64.7 Å². The monoisotopic (exact) mass is 621 g/mol. The van der Waals surface area contributed by atoms with Crippen LogP contribution in [0.3, 0.4) is 0 Å². The smallest absolute Gasteiger partial charge is 0.414 e. The lowest BCUT2D eigenvalue weighted by Gasteiger charge is -2.40. The quantitative estimate of drug-likeness (QED) is 0.257. The molecular formula is C35H41Cl2N3O3. The van der Waals surface area contributed by atoms with Crippen molar-refractivity contribution in [2.75, 3.05) is 51.3 Å². The molecule has 0 radical (unpaired) electrons. The van der Waals surface area contributed by atoms with Crippen molar-refractivity contribution in [1.82, 2.24) is 9.80 Å². The number of nitrogens with zero attached hydrogens (tertiary/aromatic N) is 3. The van der Waals surface area contributed by atoms with E-state index in [1.54, 1.807) is 0 Å². The number of hydrogen-bond donors (Lipinski definition) is 0. The third-order valence-corrected chi connectivity index (χ3v) is 9.79. The van der Waals surface area contributed by atoms with E-state index in [-0.39, 0.29) is 23.3 Å². The van der Waals surface area contributed by atoms with E-state index < -0.39 is 0 Å². The van der Waals surface area contributed by atoms with Crippen LogP contribution in [0.4, 0.5) is 10.5 Å². The Bertz CT molecular complexity index is 1460. The maximum atomic E-state index is 13.4. The van der Waals surface area contributed by atoms with Crippen LogP contribution in [0.15, 0.2) is 60.7 Å². The second-order valence-corrected chi connectivity index (χ2v) is 13.0. The Morgan fingerprint density at radius 3 is 2.35 bits per heavy atom. The lowest BCUT2D eigenvalue weighted by molar-refractivity contribution is 0.0780. The fourth-order valence-corrected chi connectivity index (χ4v) is 7.13. The molecular weight excluding hydrogens is 581 g/mol. The predicted octanol–water partition coefficient (Wildman–Crippen LogP) is 7.87. The number of carbonyl (C=O) groups excluding carboxylic acids is 2. The molecule has 0 saturated carbocycles. The molecule has 6 nitrogen and oxygen atoms in total. The van der Waals surface area contributed by atoms with Crippen molar-refractivity contribution in [2.24, 2.45) is 0 Å². The molecule has 5 rings (SSSR count). The molecule has 1 spiro atoms. The second kappa shape index (κ2) is 13.3. The molecule has 1 saturated heterocycles. The molecule has 0 unspecified atom stereocenters. The van der Waals surface area contributed by atoms with Crippen molar-refractivity contribution in [2.45, 2.75) is 51.4 Å². The molecule has 2 amide bonds. The van der Waals surface area contributed by atoms with Crippen LogP contribution in [-0.2, 0) is 10.2 Å². The van der Waals surface area contributed by atoms with Gasteiger partial charge in [0.1, 0.15) is 0 Å². The lowest BCUT2D eigenvalue weighted by Crippen LogP contribution is -2.46. The summed E-state index contributed by atoms with van der Waals surface area (Å²) >= 11 is 12.7. The number of fused-ring (bicyclic) bond motifs is 2. The first kappa shape index (κ1) is 31.4. The molecule has 228 valence electrons. The van der Waals surface area contributed by atoms with Gasteiger partial charge in [0.2, 0.25) is 0 Å². The Balaban J connectivity index is 1.27. The Hall–Kier alpha value is -3.06. The van der Waals surface area contributed by atoms with Gasteiger partial charge in [0.15, 0.2) is 0 Å². The van der Waals surface area contributed by atoms with Crippen molar-refractivity contribution in [3.63, 3.8) is 0 Å². The number of likely N-dealkylation sites (N-methyl/N-ethyl adjacent to an activating group) is 1. The highest BCUT2D eigenvalue weighted by molar-refractivity contribution is 6.42. The number of anilines is 1. The van der Waals surface area contributed by atoms with Gasteiger partial charge in [-0.25, -0.2) is 4.79 Å². The number of amides is 2. The van der Waals surface area contributed by atoms with Crippen LogP contribution in [0, 0.1) is 13.8 Å². The summed E-state index contributed by atoms with van der Waals surface area (Å²) < 4.78 is 5.38. The Morgan fingerprint density at radius 2 is 1.67 bits per heavy atom. The van der Waals surface area contributed by atoms with Gasteiger partial charge in [-0.15, -0.1) is 0 Å². The molecule has 1 fully saturated rings. The van der Waals surface area contributed by atoms with Crippen LogP contribution in [-0.4, -0.2) is 68.2 Å². The highest BCUT2D eigenvalue weighted by Gasteiger charge is 2.46. The number of halogens is 2. The number of carbonyl (C=O) groups is 2. The van der Waals surface area contributed by atoms with E-state index >= 15 is 0 Å². The van der Waals surface area contributed by atoms with E-state index in [0.29, 0.717) is 35.3 Å². The molecule has 0 N–H and O–H groups in total. The number of hydrogen-bond acceptors (Lipinski definition) is 4. The SMILES string of the molecule is CCOC(=O)N1CC2(CCN(CC[C@H](CN(C)C(=O)c3cc(C)cc(C)c3)c3ccc(Cl)c(Cl)c3)CC2)c2ccccc21. The fraction of sp³-hybridized carbons (Fsp3) is 0.429. The molecule has 1 atom stereocenters. The van der Waals surface area contributed by atoms with Crippen molar-refractivity contribution in [3.8, 4) is 0 Å². The first-order valence-electron chi connectivity index (χ1n) is 15.1. The second-order valence-electron chi connectivity index (χ2n) is 12.1. The molecule has 8 heteroatoms. The van der Waals surface area contributed by atoms with Gasteiger partial charge in [0.25, 0.3) is 5.91 Å². The third kappa shape index (κ3) is 6.87. The van der Waals surface area contributed by atoms with Crippen LogP contribution in [0.2, 0.25) is 10.0 Å². The van der Waals surface area contributed by atoms with Crippen LogP contribution in [0.25, 0.3) is 0 Å². The maximum Gasteiger partial charge on any atom is 0.414 e. The van der Waals surface area contributed by atoms with Gasteiger partial charge >= 0.3 is 6.09 Å². The van der Waals surface area contributed by atoms with E-state index in [0.717, 1.165) is 61.3 Å². The van der Waals surface area contributed by atoms with E-state index in [9.17, 15) is 9.59 Å². The molecule has 0 aliphatic carbocycles. The summed E-state index contributed by atoms with van der Waals surface area (Å²) in [7, 11) is 1.88. The van der Waals surface area contributed by atoms with Crippen molar-refractivity contribution in [1.29, 1.82) is 0 Å². The summed E-state index contributed by atoms with van der Waals surface area (Å²) in [6.07, 6.45) is 2.56. The van der Waals surface area contributed by atoms with E-state index in [1.807, 2.05) is 80.1 Å². The summed E-state index contributed by atoms with van der Waals surface area (Å²) in [5.41, 5.74) is 6.13. The average molecular weight is 623 g/mol. The molecule has 43 heavy (non-hydrogen) atoms. The maximum absolute atomic E-state index is 13.4. The van der Waals surface area contributed by atoms with E-state index in [4.69, 9.17) is 27.9 Å². The first-order chi connectivity index (χ1) is 20.6. The zero-order chi connectivity index (χ0) is 30.7. The van der Waals surface area contributed by atoms with Crippen LogP contribution < -0.4 is 4.90 Å². The minimum Gasteiger partial charge on any atom is -0.449 e. The van der Waals surface area contributed by atoms with E-state index in [2.05, 4.69) is 23.1 Å². The normalized spacial score (nSPS) is 16.7. The van der Waals surface area contributed by atoms with Crippen molar-refractivity contribution >= 4 is 40.9 Å². The number of aryl methyl sites for hydroxylation is 2. The summed E-state index contributed by atoms with van der Waals surface area (Å²) in [6.45, 7) is 10.3. The van der Waals surface area contributed by atoms with Gasteiger partial charge < -0.3 is 14.5 Å². The molecule has 2 aliphatic rings. The third-order valence-electron chi connectivity index (χ3n) is 9.05. The van der Waals surface area contributed by atoms with Crippen molar-refractivity contribution < 1.29 is 14.3 Å². The van der Waals surface area contributed by atoms with Gasteiger partial charge in [-0.05, 0) is 101 Å². The Labute approximate surface area is 265 Å². The average Bonchev–Trinajstić information content (AvgIpc) is 3.30. The van der Waals surface area contributed by atoms with Crippen LogP contribution in [0.5, 0.6) is 0 Å². The minimum absolute atomic E-state index is 0.0165. The van der Waals surface area contributed by atoms with Crippen molar-refractivity contribution in [3.05, 3.63) is 98.5 Å². The molecule has 2 aliphatic heterocycles. The largest absolute Gasteiger partial charge is 0.449 e. The number of benzene rings is 3. The lowest BCUT2D eigenvalue weighted by atomic mass is 9.74. The zero-order valence-corrected chi connectivity index (χ0v) is 27.0. The fourth-order valence-electron chi connectivity index (χ4n) is 6.83. The number of rotatable bonds is 8. The predicted molar refractivity (Wildman–Crippen MR) is 175 cm³/mol. The van der Waals surface area contributed by atoms with Crippen LogP contribution in [0.1, 0.15) is 64.7 Å². The van der Waals surface area contributed by atoms with Gasteiger partial charge in [-0.2, -0.15) is 0 Å². The summed E-state index contributed by atoms with van der Waals surface area (Å²) in [5, 5.41) is 1.05. The summed E-state index contributed by atoms with van der Waals surface area (Å²) in [5.74, 6) is 0.111. The highest BCUT2D eigenvalue weighted by Crippen LogP contribution is 2.47. The highest BCUT2D eigenvalue weighted by atomic mass is 35.5. The standard InChI is InChI=1S/C35H41Cl2N3O3/c1-5-43-34(42)40-23-35(29-8-6-7-9-32(29)40)13-16-39(17-14-35)15-12-27(26-10-11-30(36)31(37)21-26)22-38(4)33(41)28-19-24(2)18-25(3)20-28/h6-11,18-21,27H,5,12-17,22-23H2,1-4H3/t27-/m1/s1. The molecule has 2 heterocycles. The first-order valence-corrected chi connectivity index (χ1v) is 15.9. The van der Waals surface area contributed by atoms with Gasteiger partial charge in [-0.3, -0.25) is 9.69 Å². The molecule has 0 aromatic heterocycles. The molecule has 0 bridgehead atoms. The van der Waals surface area contributed by atoms with Crippen LogP contribution >= 0.6 is 23.2 Å². The van der Waals surface area contributed by atoms with Gasteiger partial charge in [0.05, 0.1) is 22.3 Å². The van der Waals surface area contributed by atoms with E-state index in [1.165, 1.54) is 5.56 Å². The number of para-hydroxylation sites is 1.